The fourth-order valence-corrected chi connectivity index (χ4v) is 4.07. The smallest absolute Gasteiger partial charge is 0.266 e. The minimum absolute atomic E-state index is 0.0140. The predicted octanol–water partition coefficient (Wildman–Crippen LogP) is 3.73. The SMILES string of the molecule is CCOc1cccc(/C=N/NC(=O)CSc2nc3ccccc3c(=O)n2-c2ccccc2)c1O. The lowest BCUT2D eigenvalue weighted by molar-refractivity contribution is -0.118. The second-order valence-electron chi connectivity index (χ2n) is 7.10. The van der Waals surface area contributed by atoms with Crippen molar-refractivity contribution in [3.05, 3.63) is 88.7 Å². The maximum atomic E-state index is 13.2. The highest BCUT2D eigenvalue weighted by Gasteiger charge is 2.14. The molecule has 172 valence electrons. The van der Waals surface area contributed by atoms with E-state index in [4.69, 9.17) is 4.74 Å². The van der Waals surface area contributed by atoms with Gasteiger partial charge in [0.15, 0.2) is 16.7 Å². The largest absolute Gasteiger partial charge is 0.504 e. The molecule has 1 heterocycles. The maximum absolute atomic E-state index is 13.2. The van der Waals surface area contributed by atoms with E-state index in [1.165, 1.54) is 10.8 Å². The van der Waals surface area contributed by atoms with Gasteiger partial charge < -0.3 is 9.84 Å². The van der Waals surface area contributed by atoms with Gasteiger partial charge in [0.1, 0.15) is 0 Å². The Morgan fingerprint density at radius 3 is 2.68 bits per heavy atom. The van der Waals surface area contributed by atoms with Crippen molar-refractivity contribution in [1.29, 1.82) is 0 Å². The highest BCUT2D eigenvalue weighted by atomic mass is 32.2. The number of aromatic hydroxyl groups is 1. The number of aromatic nitrogens is 2. The summed E-state index contributed by atoms with van der Waals surface area (Å²) in [5.41, 5.74) is 3.86. The summed E-state index contributed by atoms with van der Waals surface area (Å²) in [4.78, 5) is 30.2. The number of ether oxygens (including phenoxy) is 1. The zero-order valence-electron chi connectivity index (χ0n) is 18.3. The molecule has 0 saturated heterocycles. The Bertz CT molecular complexity index is 1400. The van der Waals surface area contributed by atoms with Crippen LogP contribution in [-0.2, 0) is 4.79 Å². The molecule has 2 N–H and O–H groups in total. The molecule has 4 rings (SSSR count). The van der Waals surface area contributed by atoms with Crippen LogP contribution in [0.5, 0.6) is 11.5 Å². The Balaban J connectivity index is 1.51. The molecule has 34 heavy (non-hydrogen) atoms. The van der Waals surface area contributed by atoms with Gasteiger partial charge in [-0.1, -0.05) is 48.2 Å². The van der Waals surface area contributed by atoms with Crippen LogP contribution in [0.3, 0.4) is 0 Å². The van der Waals surface area contributed by atoms with Crippen LogP contribution >= 0.6 is 11.8 Å². The van der Waals surface area contributed by atoms with Crippen LogP contribution in [-0.4, -0.2) is 39.1 Å². The summed E-state index contributed by atoms with van der Waals surface area (Å²) in [6, 6.07) is 21.3. The zero-order valence-corrected chi connectivity index (χ0v) is 19.2. The van der Waals surface area contributed by atoms with Crippen molar-refractivity contribution in [2.45, 2.75) is 12.1 Å². The zero-order chi connectivity index (χ0) is 23.9. The van der Waals surface area contributed by atoms with Crippen LogP contribution in [0.2, 0.25) is 0 Å². The number of fused-ring (bicyclic) bond motifs is 1. The van der Waals surface area contributed by atoms with Gasteiger partial charge in [-0.2, -0.15) is 5.10 Å². The Morgan fingerprint density at radius 2 is 1.88 bits per heavy atom. The Labute approximate surface area is 199 Å². The summed E-state index contributed by atoms with van der Waals surface area (Å²) in [6.45, 7) is 2.23. The number of amides is 1. The molecule has 8 nitrogen and oxygen atoms in total. The first-order chi connectivity index (χ1) is 16.6. The fraction of sp³-hybridized carbons (Fsp3) is 0.120. The predicted molar refractivity (Wildman–Crippen MR) is 133 cm³/mol. The van der Waals surface area contributed by atoms with Crippen LogP contribution in [0, 0.1) is 0 Å². The summed E-state index contributed by atoms with van der Waals surface area (Å²) in [7, 11) is 0. The number of para-hydroxylation sites is 3. The van der Waals surface area contributed by atoms with Crippen molar-refractivity contribution in [2.75, 3.05) is 12.4 Å². The molecule has 3 aromatic carbocycles. The number of phenols is 1. The molecule has 0 unspecified atom stereocenters. The Hall–Kier alpha value is -4.11. The molecule has 0 fully saturated rings. The van der Waals surface area contributed by atoms with Gasteiger partial charge in [0.05, 0.1) is 35.2 Å². The fourth-order valence-electron chi connectivity index (χ4n) is 3.27. The molecule has 0 bridgehead atoms. The van der Waals surface area contributed by atoms with E-state index < -0.39 is 0 Å². The monoisotopic (exact) mass is 474 g/mol. The Morgan fingerprint density at radius 1 is 1.12 bits per heavy atom. The highest BCUT2D eigenvalue weighted by molar-refractivity contribution is 7.99. The summed E-state index contributed by atoms with van der Waals surface area (Å²) in [5, 5.41) is 15.0. The average molecular weight is 475 g/mol. The quantitative estimate of drug-likeness (QED) is 0.174. The van der Waals surface area contributed by atoms with E-state index in [1.807, 2.05) is 43.3 Å². The molecular weight excluding hydrogens is 452 g/mol. The molecule has 0 saturated carbocycles. The number of benzene rings is 3. The minimum Gasteiger partial charge on any atom is -0.504 e. The first kappa shape index (κ1) is 23.1. The van der Waals surface area contributed by atoms with Crippen LogP contribution in [0.25, 0.3) is 16.6 Å². The number of thioether (sulfide) groups is 1. The third-order valence-electron chi connectivity index (χ3n) is 4.81. The highest BCUT2D eigenvalue weighted by Crippen LogP contribution is 2.28. The summed E-state index contributed by atoms with van der Waals surface area (Å²) in [5.74, 6) is -0.109. The number of carbonyl (C=O) groups is 1. The molecule has 1 aromatic heterocycles. The number of phenolic OH excluding ortho intramolecular Hbond substituents is 1. The lowest BCUT2D eigenvalue weighted by Crippen LogP contribution is -2.24. The molecular formula is C25H22N4O4S. The van der Waals surface area contributed by atoms with Gasteiger partial charge in [0.25, 0.3) is 11.5 Å². The lowest BCUT2D eigenvalue weighted by Gasteiger charge is -2.12. The number of rotatable bonds is 8. The molecule has 9 heteroatoms. The molecule has 0 aliphatic rings. The van der Waals surface area contributed by atoms with E-state index >= 15 is 0 Å². The van der Waals surface area contributed by atoms with E-state index in [0.29, 0.717) is 39.7 Å². The normalized spacial score (nSPS) is 11.1. The van der Waals surface area contributed by atoms with Gasteiger partial charge in [-0.25, -0.2) is 10.4 Å². The lowest BCUT2D eigenvalue weighted by atomic mass is 10.2. The third kappa shape index (κ3) is 5.10. The molecule has 4 aromatic rings. The van der Waals surface area contributed by atoms with Crippen molar-refractivity contribution in [3.8, 4) is 17.2 Å². The van der Waals surface area contributed by atoms with Gasteiger partial charge >= 0.3 is 0 Å². The van der Waals surface area contributed by atoms with Crippen molar-refractivity contribution >= 4 is 34.8 Å². The van der Waals surface area contributed by atoms with Gasteiger partial charge in [-0.15, -0.1) is 0 Å². The molecule has 0 spiro atoms. The van der Waals surface area contributed by atoms with Crippen molar-refractivity contribution < 1.29 is 14.6 Å². The molecule has 0 atom stereocenters. The van der Waals surface area contributed by atoms with E-state index in [0.717, 1.165) is 11.8 Å². The molecule has 1 amide bonds. The van der Waals surface area contributed by atoms with Crippen LogP contribution in [0.1, 0.15) is 12.5 Å². The molecule has 0 radical (unpaired) electrons. The minimum atomic E-state index is -0.385. The van der Waals surface area contributed by atoms with E-state index in [-0.39, 0.29) is 23.0 Å². The van der Waals surface area contributed by atoms with Crippen LogP contribution in [0.4, 0.5) is 0 Å². The number of nitrogens with one attached hydrogen (secondary N) is 1. The summed E-state index contributed by atoms with van der Waals surface area (Å²) < 4.78 is 6.84. The van der Waals surface area contributed by atoms with Crippen LogP contribution < -0.4 is 15.7 Å². The second kappa shape index (κ2) is 10.7. The number of carbonyl (C=O) groups excluding carboxylic acids is 1. The number of hydrogen-bond donors (Lipinski definition) is 2. The summed E-state index contributed by atoms with van der Waals surface area (Å²) >= 11 is 1.13. The first-order valence-corrected chi connectivity index (χ1v) is 11.5. The van der Waals surface area contributed by atoms with Gasteiger partial charge in [0, 0.05) is 5.56 Å². The number of hydrogen-bond acceptors (Lipinski definition) is 7. The van der Waals surface area contributed by atoms with E-state index in [9.17, 15) is 14.7 Å². The summed E-state index contributed by atoms with van der Waals surface area (Å²) in [6.07, 6.45) is 1.34. The molecule has 0 aliphatic heterocycles. The maximum Gasteiger partial charge on any atom is 0.266 e. The van der Waals surface area contributed by atoms with Crippen molar-refractivity contribution in [1.82, 2.24) is 15.0 Å². The van der Waals surface area contributed by atoms with Gasteiger partial charge in [-0.3, -0.25) is 14.2 Å². The van der Waals surface area contributed by atoms with E-state index in [1.54, 1.807) is 36.4 Å². The van der Waals surface area contributed by atoms with Gasteiger partial charge in [0.2, 0.25) is 0 Å². The Kier molecular flexibility index (Phi) is 7.24. The number of nitrogens with zero attached hydrogens (tertiary/aromatic N) is 3. The third-order valence-corrected chi connectivity index (χ3v) is 5.75. The topological polar surface area (TPSA) is 106 Å². The first-order valence-electron chi connectivity index (χ1n) is 10.5. The van der Waals surface area contributed by atoms with E-state index in [2.05, 4.69) is 15.5 Å². The number of hydrazone groups is 1. The second-order valence-corrected chi connectivity index (χ2v) is 8.04. The van der Waals surface area contributed by atoms with Crippen molar-refractivity contribution in [3.63, 3.8) is 0 Å². The van der Waals surface area contributed by atoms with Gasteiger partial charge in [-0.05, 0) is 43.3 Å². The van der Waals surface area contributed by atoms with Crippen LogP contribution in [0.15, 0.2) is 87.8 Å². The van der Waals surface area contributed by atoms with Crippen molar-refractivity contribution in [2.24, 2.45) is 5.10 Å². The standard InChI is InChI=1S/C25H22N4O4S/c1-2-33-21-14-8-9-17(23(21)31)15-26-28-22(30)16-34-25-27-20-13-7-6-12-19(20)24(32)29(25)18-10-4-3-5-11-18/h3-15,31H,2,16H2,1H3,(H,28,30)/b26-15+. The molecule has 0 aliphatic carbocycles. The average Bonchev–Trinajstić information content (AvgIpc) is 2.86.